The molecule has 2 rings (SSSR count). The smallest absolute Gasteiger partial charge is 0.348 e. The SMILES string of the molecule is CCOc1cc(C=C2C(=O)OC(C)(C)OC2=O)c(Br)cc1OCC#N. The minimum Gasteiger partial charge on any atom is -0.490 e. The van der Waals surface area contributed by atoms with Gasteiger partial charge in [-0.15, -0.1) is 0 Å². The molecule has 1 aromatic carbocycles. The Labute approximate surface area is 153 Å². The molecule has 0 spiro atoms. The predicted molar refractivity (Wildman–Crippen MR) is 90.7 cm³/mol. The summed E-state index contributed by atoms with van der Waals surface area (Å²) in [5.41, 5.74) is 0.268. The van der Waals surface area contributed by atoms with Crippen LogP contribution in [0.15, 0.2) is 22.2 Å². The molecule has 1 saturated heterocycles. The number of nitriles is 1. The predicted octanol–water partition coefficient (Wildman–Crippen LogP) is 2.97. The molecule has 7 nitrogen and oxygen atoms in total. The van der Waals surface area contributed by atoms with Crippen molar-refractivity contribution in [3.05, 3.63) is 27.7 Å². The maximum Gasteiger partial charge on any atom is 0.348 e. The summed E-state index contributed by atoms with van der Waals surface area (Å²) >= 11 is 3.35. The molecule has 0 bridgehead atoms. The van der Waals surface area contributed by atoms with Crippen LogP contribution >= 0.6 is 15.9 Å². The molecule has 8 heteroatoms. The van der Waals surface area contributed by atoms with Gasteiger partial charge in [-0.2, -0.15) is 5.26 Å². The average molecular weight is 410 g/mol. The maximum absolute atomic E-state index is 12.1. The first kappa shape index (κ1) is 18.8. The number of hydrogen-bond acceptors (Lipinski definition) is 7. The average Bonchev–Trinajstić information content (AvgIpc) is 2.51. The van der Waals surface area contributed by atoms with Crippen molar-refractivity contribution in [1.29, 1.82) is 5.26 Å². The zero-order valence-electron chi connectivity index (χ0n) is 13.9. The van der Waals surface area contributed by atoms with Crippen LogP contribution in [0.2, 0.25) is 0 Å². The summed E-state index contributed by atoms with van der Waals surface area (Å²) in [5, 5.41) is 8.65. The summed E-state index contributed by atoms with van der Waals surface area (Å²) in [6.45, 7) is 4.99. The largest absolute Gasteiger partial charge is 0.490 e. The van der Waals surface area contributed by atoms with Gasteiger partial charge in [-0.3, -0.25) is 0 Å². The van der Waals surface area contributed by atoms with Crippen LogP contribution in [-0.4, -0.2) is 30.9 Å². The third kappa shape index (κ3) is 4.51. The van der Waals surface area contributed by atoms with Crippen molar-refractivity contribution in [3.8, 4) is 17.6 Å². The number of carbonyl (C=O) groups excluding carboxylic acids is 2. The summed E-state index contributed by atoms with van der Waals surface area (Å²) in [6, 6.07) is 5.06. The topological polar surface area (TPSA) is 94.8 Å². The molecule has 1 aromatic rings. The fraction of sp³-hybridized carbons (Fsp3) is 0.353. The molecule has 0 saturated carbocycles. The van der Waals surface area contributed by atoms with E-state index in [0.29, 0.717) is 28.1 Å². The molecule has 0 atom stereocenters. The van der Waals surface area contributed by atoms with Crippen LogP contribution < -0.4 is 9.47 Å². The molecule has 25 heavy (non-hydrogen) atoms. The van der Waals surface area contributed by atoms with E-state index in [0.717, 1.165) is 0 Å². The molecule has 132 valence electrons. The Morgan fingerprint density at radius 2 is 1.80 bits per heavy atom. The number of esters is 2. The van der Waals surface area contributed by atoms with Crippen LogP contribution in [0.4, 0.5) is 0 Å². The molecule has 0 unspecified atom stereocenters. The number of nitrogens with zero attached hydrogens (tertiary/aromatic N) is 1. The first-order valence-electron chi connectivity index (χ1n) is 7.42. The molecular weight excluding hydrogens is 394 g/mol. The Morgan fingerprint density at radius 1 is 1.20 bits per heavy atom. The van der Waals surface area contributed by atoms with Gasteiger partial charge in [0.05, 0.1) is 6.61 Å². The van der Waals surface area contributed by atoms with Crippen molar-refractivity contribution in [2.24, 2.45) is 0 Å². The monoisotopic (exact) mass is 409 g/mol. The van der Waals surface area contributed by atoms with Gasteiger partial charge >= 0.3 is 11.9 Å². The Hall–Kier alpha value is -2.53. The van der Waals surface area contributed by atoms with Crippen molar-refractivity contribution in [2.45, 2.75) is 26.6 Å². The standard InChI is InChI=1S/C17H16BrNO6/c1-4-22-13-8-10(12(18)9-14(13)23-6-5-19)7-11-15(20)24-17(2,3)25-16(11)21/h7-9H,4,6H2,1-3H3. The maximum atomic E-state index is 12.1. The number of rotatable bonds is 5. The Bertz CT molecular complexity index is 756. The van der Waals surface area contributed by atoms with Gasteiger partial charge in [0.15, 0.2) is 18.1 Å². The van der Waals surface area contributed by atoms with E-state index in [9.17, 15) is 9.59 Å². The van der Waals surface area contributed by atoms with Crippen LogP contribution in [0.1, 0.15) is 26.3 Å². The number of ether oxygens (including phenoxy) is 4. The van der Waals surface area contributed by atoms with Gasteiger partial charge in [0.2, 0.25) is 0 Å². The molecule has 1 fully saturated rings. The fourth-order valence-electron chi connectivity index (χ4n) is 2.09. The summed E-state index contributed by atoms with van der Waals surface area (Å²) in [5.74, 6) is -2.08. The minimum absolute atomic E-state index is 0.138. The van der Waals surface area contributed by atoms with E-state index in [1.165, 1.54) is 19.9 Å². The van der Waals surface area contributed by atoms with Crippen LogP contribution in [0.3, 0.4) is 0 Å². The molecule has 0 amide bonds. The lowest BCUT2D eigenvalue weighted by molar-refractivity contribution is -0.222. The second kappa shape index (κ2) is 7.57. The normalized spacial score (nSPS) is 15.7. The molecule has 1 aliphatic heterocycles. The number of halogens is 1. The van der Waals surface area contributed by atoms with E-state index in [2.05, 4.69) is 15.9 Å². The number of carbonyl (C=O) groups is 2. The Kier molecular flexibility index (Phi) is 5.69. The van der Waals surface area contributed by atoms with Crippen molar-refractivity contribution < 1.29 is 28.5 Å². The summed E-state index contributed by atoms with van der Waals surface area (Å²) in [4.78, 5) is 24.1. The second-order valence-corrected chi connectivity index (χ2v) is 6.29. The lowest BCUT2D eigenvalue weighted by Crippen LogP contribution is -2.41. The van der Waals surface area contributed by atoms with Gasteiger partial charge in [0, 0.05) is 18.3 Å². The van der Waals surface area contributed by atoms with Crippen molar-refractivity contribution in [3.63, 3.8) is 0 Å². The fourth-order valence-corrected chi connectivity index (χ4v) is 2.52. The van der Waals surface area contributed by atoms with Gasteiger partial charge in [0.25, 0.3) is 5.79 Å². The summed E-state index contributed by atoms with van der Waals surface area (Å²) < 4.78 is 21.5. The molecule has 0 N–H and O–H groups in total. The van der Waals surface area contributed by atoms with E-state index in [1.54, 1.807) is 19.1 Å². The van der Waals surface area contributed by atoms with Gasteiger partial charge < -0.3 is 18.9 Å². The highest BCUT2D eigenvalue weighted by Gasteiger charge is 2.39. The molecule has 1 aliphatic rings. The molecule has 0 aliphatic carbocycles. The van der Waals surface area contributed by atoms with Gasteiger partial charge in [0.1, 0.15) is 11.6 Å². The highest BCUT2D eigenvalue weighted by molar-refractivity contribution is 9.10. The van der Waals surface area contributed by atoms with Gasteiger partial charge in [-0.25, -0.2) is 9.59 Å². The van der Waals surface area contributed by atoms with Crippen LogP contribution in [0, 0.1) is 11.3 Å². The van der Waals surface area contributed by atoms with Crippen LogP contribution in [-0.2, 0) is 19.1 Å². The first-order valence-corrected chi connectivity index (χ1v) is 8.21. The highest BCUT2D eigenvalue weighted by Crippen LogP contribution is 2.35. The molecule has 0 aromatic heterocycles. The zero-order chi connectivity index (χ0) is 18.6. The Balaban J connectivity index is 2.42. The number of hydrogen-bond donors (Lipinski definition) is 0. The van der Waals surface area contributed by atoms with Crippen molar-refractivity contribution in [2.75, 3.05) is 13.2 Å². The van der Waals surface area contributed by atoms with Gasteiger partial charge in [-0.1, -0.05) is 15.9 Å². The van der Waals surface area contributed by atoms with E-state index in [1.807, 2.05) is 6.07 Å². The highest BCUT2D eigenvalue weighted by atomic mass is 79.9. The number of cyclic esters (lactones) is 2. The van der Waals surface area contributed by atoms with Crippen molar-refractivity contribution >= 4 is 33.9 Å². The third-order valence-electron chi connectivity index (χ3n) is 3.07. The van der Waals surface area contributed by atoms with Crippen LogP contribution in [0.25, 0.3) is 6.08 Å². The second-order valence-electron chi connectivity index (χ2n) is 5.44. The third-order valence-corrected chi connectivity index (χ3v) is 3.76. The zero-order valence-corrected chi connectivity index (χ0v) is 15.5. The van der Waals surface area contributed by atoms with Crippen LogP contribution in [0.5, 0.6) is 11.5 Å². The number of benzene rings is 1. The molecule has 0 radical (unpaired) electrons. The quantitative estimate of drug-likeness (QED) is 0.419. The first-order chi connectivity index (χ1) is 11.8. The molecule has 1 heterocycles. The lowest BCUT2D eigenvalue weighted by atomic mass is 10.1. The van der Waals surface area contributed by atoms with E-state index in [-0.39, 0.29) is 12.2 Å². The van der Waals surface area contributed by atoms with E-state index >= 15 is 0 Å². The summed E-state index contributed by atoms with van der Waals surface area (Å²) in [6.07, 6.45) is 1.35. The van der Waals surface area contributed by atoms with E-state index in [4.69, 9.17) is 24.2 Å². The summed E-state index contributed by atoms with van der Waals surface area (Å²) in [7, 11) is 0. The Morgan fingerprint density at radius 3 is 2.36 bits per heavy atom. The van der Waals surface area contributed by atoms with Gasteiger partial charge in [-0.05, 0) is 30.7 Å². The molecular formula is C17H16BrNO6. The van der Waals surface area contributed by atoms with E-state index < -0.39 is 17.7 Å². The minimum atomic E-state index is -1.30. The van der Waals surface area contributed by atoms with Crippen molar-refractivity contribution in [1.82, 2.24) is 0 Å². The lowest BCUT2D eigenvalue weighted by Gasteiger charge is -2.29.